The fourth-order valence-electron chi connectivity index (χ4n) is 4.31. The molecule has 0 aromatic heterocycles. The van der Waals surface area contributed by atoms with Gasteiger partial charge in [0.05, 0.1) is 24.3 Å². The van der Waals surface area contributed by atoms with Crippen molar-refractivity contribution in [2.45, 2.75) is 43.2 Å². The smallest absolute Gasteiger partial charge is 0.328 e. The van der Waals surface area contributed by atoms with E-state index in [2.05, 4.69) is 15.0 Å². The van der Waals surface area contributed by atoms with Gasteiger partial charge >= 0.3 is 5.97 Å². The average molecular weight is 645 g/mol. The second kappa shape index (κ2) is 13.2. The SMILES string of the molecule is COC(=O)C(C)NC(=O)C(C)(C)N=C(NS(=O)(=O)c1ccc(Cl)cc1)N1CC(c2ccccc2)C(c2ccc(Cl)cc2)=N1. The molecule has 1 aliphatic rings. The average Bonchev–Trinajstić information content (AvgIpc) is 3.43. The number of aliphatic imine (C=N–C) groups is 1. The third kappa shape index (κ3) is 7.73. The second-order valence-corrected chi connectivity index (χ2v) is 12.9. The molecule has 0 bridgehead atoms. The zero-order valence-electron chi connectivity index (χ0n) is 23.9. The molecule has 4 rings (SSSR count). The van der Waals surface area contributed by atoms with Gasteiger partial charge in [0.2, 0.25) is 11.9 Å². The van der Waals surface area contributed by atoms with Crippen molar-refractivity contribution >= 4 is 56.8 Å². The van der Waals surface area contributed by atoms with Crippen LogP contribution in [0.5, 0.6) is 0 Å². The van der Waals surface area contributed by atoms with Crippen LogP contribution in [-0.2, 0) is 24.3 Å². The highest BCUT2D eigenvalue weighted by Gasteiger charge is 2.36. The number of hydrogen-bond donors (Lipinski definition) is 2. The second-order valence-electron chi connectivity index (χ2n) is 10.3. The highest BCUT2D eigenvalue weighted by molar-refractivity contribution is 7.90. The molecule has 0 spiro atoms. The summed E-state index contributed by atoms with van der Waals surface area (Å²) in [5.74, 6) is -1.73. The minimum absolute atomic E-state index is 0.0631. The van der Waals surface area contributed by atoms with Crippen LogP contribution in [0, 0.1) is 0 Å². The fraction of sp³-hybridized carbons (Fsp3) is 0.267. The topological polar surface area (TPSA) is 130 Å². The number of guanidine groups is 1. The maximum Gasteiger partial charge on any atom is 0.328 e. The molecule has 0 aliphatic carbocycles. The van der Waals surface area contributed by atoms with Gasteiger partial charge in [-0.3, -0.25) is 4.79 Å². The molecule has 43 heavy (non-hydrogen) atoms. The third-order valence-electron chi connectivity index (χ3n) is 6.69. The van der Waals surface area contributed by atoms with E-state index in [1.807, 2.05) is 42.5 Å². The molecule has 1 amide bonds. The number of hydrogen-bond acceptors (Lipinski definition) is 7. The summed E-state index contributed by atoms with van der Waals surface area (Å²) in [7, 11) is -2.98. The largest absolute Gasteiger partial charge is 0.467 e. The molecule has 13 heteroatoms. The Morgan fingerprint density at radius 2 is 1.58 bits per heavy atom. The third-order valence-corrected chi connectivity index (χ3v) is 8.54. The minimum atomic E-state index is -4.20. The Morgan fingerprint density at radius 3 is 2.16 bits per heavy atom. The van der Waals surface area contributed by atoms with Crippen LogP contribution in [0.15, 0.2) is 93.9 Å². The van der Waals surface area contributed by atoms with Crippen LogP contribution in [0.1, 0.15) is 37.8 Å². The highest BCUT2D eigenvalue weighted by Crippen LogP contribution is 2.30. The number of sulfonamides is 1. The van der Waals surface area contributed by atoms with E-state index in [0.717, 1.165) is 11.1 Å². The van der Waals surface area contributed by atoms with E-state index in [0.29, 0.717) is 15.8 Å². The number of benzene rings is 3. The van der Waals surface area contributed by atoms with Crippen molar-refractivity contribution < 1.29 is 22.7 Å². The van der Waals surface area contributed by atoms with Gasteiger partial charge in [-0.15, -0.1) is 0 Å². The van der Waals surface area contributed by atoms with Crippen LogP contribution < -0.4 is 10.0 Å². The summed E-state index contributed by atoms with van der Waals surface area (Å²) in [4.78, 5) is 29.7. The van der Waals surface area contributed by atoms with E-state index in [-0.39, 0.29) is 23.3 Å². The highest BCUT2D eigenvalue weighted by atomic mass is 35.5. The first-order chi connectivity index (χ1) is 20.3. The number of esters is 1. The lowest BCUT2D eigenvalue weighted by atomic mass is 9.91. The molecule has 2 atom stereocenters. The van der Waals surface area contributed by atoms with Crippen molar-refractivity contribution in [3.63, 3.8) is 0 Å². The fourth-order valence-corrected chi connectivity index (χ4v) is 5.57. The number of carbonyl (C=O) groups is 2. The van der Waals surface area contributed by atoms with Crippen molar-refractivity contribution in [1.82, 2.24) is 15.0 Å². The van der Waals surface area contributed by atoms with Crippen LogP contribution in [0.3, 0.4) is 0 Å². The van der Waals surface area contributed by atoms with E-state index in [1.54, 1.807) is 12.1 Å². The lowest BCUT2D eigenvalue weighted by Gasteiger charge is -2.26. The van der Waals surface area contributed by atoms with Crippen molar-refractivity contribution in [3.05, 3.63) is 100 Å². The number of carbonyl (C=O) groups excluding carboxylic acids is 2. The zero-order valence-corrected chi connectivity index (χ0v) is 26.2. The van der Waals surface area contributed by atoms with Crippen molar-refractivity contribution in [3.8, 4) is 0 Å². The first kappa shape index (κ1) is 32.0. The summed E-state index contributed by atoms with van der Waals surface area (Å²) in [6, 6.07) is 21.5. The quantitative estimate of drug-likeness (QED) is 0.210. The lowest BCUT2D eigenvalue weighted by Crippen LogP contribution is -2.50. The number of methoxy groups -OCH3 is 1. The number of halogens is 2. The molecule has 3 aromatic rings. The minimum Gasteiger partial charge on any atom is -0.467 e. The number of ether oxygens (including phenoxy) is 1. The summed E-state index contributed by atoms with van der Waals surface area (Å²) in [6.45, 7) is 4.68. The summed E-state index contributed by atoms with van der Waals surface area (Å²) < 4.78 is 34.3. The molecule has 2 unspecified atom stereocenters. The Labute approximate surface area is 260 Å². The van der Waals surface area contributed by atoms with Gasteiger partial charge in [-0.25, -0.2) is 27.9 Å². The Hall–Kier alpha value is -3.93. The predicted octanol–water partition coefficient (Wildman–Crippen LogP) is 4.59. The molecule has 0 radical (unpaired) electrons. The monoisotopic (exact) mass is 643 g/mol. The normalized spacial score (nSPS) is 16.3. The van der Waals surface area contributed by atoms with Gasteiger partial charge in [0.1, 0.15) is 11.6 Å². The van der Waals surface area contributed by atoms with Crippen molar-refractivity contribution in [2.75, 3.05) is 13.7 Å². The van der Waals surface area contributed by atoms with Crippen LogP contribution >= 0.6 is 23.2 Å². The van der Waals surface area contributed by atoms with E-state index in [9.17, 15) is 18.0 Å². The Balaban J connectivity index is 1.79. The maximum absolute atomic E-state index is 13.5. The zero-order chi connectivity index (χ0) is 31.4. The Morgan fingerprint density at radius 1 is 1.00 bits per heavy atom. The van der Waals surface area contributed by atoms with E-state index in [1.165, 1.54) is 57.2 Å². The van der Waals surface area contributed by atoms with Crippen molar-refractivity contribution in [2.24, 2.45) is 10.1 Å². The molecule has 0 saturated carbocycles. The molecule has 226 valence electrons. The summed E-state index contributed by atoms with van der Waals surface area (Å²) in [5, 5.41) is 9.72. The number of nitrogens with zero attached hydrogens (tertiary/aromatic N) is 3. The molecule has 3 aromatic carbocycles. The van der Waals surface area contributed by atoms with Crippen molar-refractivity contribution in [1.29, 1.82) is 0 Å². The van der Waals surface area contributed by atoms with Crippen LogP contribution in [-0.4, -0.2) is 62.2 Å². The van der Waals surface area contributed by atoms with Gasteiger partial charge in [-0.05, 0) is 68.3 Å². The van der Waals surface area contributed by atoms with E-state index in [4.69, 9.17) is 33.0 Å². The molecule has 10 nitrogen and oxygen atoms in total. The standard InChI is InChI=1S/C30H31Cl2N5O5S/c1-19(27(38)42-4)33-28(39)30(2,3)34-29(36-43(40,41)24-16-14-23(32)15-17-24)37-18-25(20-8-6-5-7-9-20)26(35-37)21-10-12-22(31)13-11-21/h5-17,19,25H,18H2,1-4H3,(H,33,39)(H,34,36). The first-order valence-corrected chi connectivity index (χ1v) is 15.5. The van der Waals surface area contributed by atoms with Gasteiger partial charge < -0.3 is 10.1 Å². The maximum atomic E-state index is 13.5. The molecular formula is C30H31Cl2N5O5S. The Kier molecular flexibility index (Phi) is 9.79. The molecular weight excluding hydrogens is 613 g/mol. The molecule has 0 saturated heterocycles. The summed E-state index contributed by atoms with van der Waals surface area (Å²) in [6.07, 6.45) is 0. The molecule has 0 fully saturated rings. The van der Waals surface area contributed by atoms with Crippen LogP contribution in [0.2, 0.25) is 10.0 Å². The Bertz CT molecular complexity index is 1640. The summed E-state index contributed by atoms with van der Waals surface area (Å²) >= 11 is 12.1. The number of amides is 1. The van der Waals surface area contributed by atoms with Gasteiger partial charge in [-0.2, -0.15) is 5.10 Å². The molecule has 1 aliphatic heterocycles. The van der Waals surface area contributed by atoms with Crippen LogP contribution in [0.4, 0.5) is 0 Å². The molecule has 2 N–H and O–H groups in total. The van der Waals surface area contributed by atoms with Gasteiger partial charge in [-0.1, -0.05) is 65.7 Å². The summed E-state index contributed by atoms with van der Waals surface area (Å²) in [5.41, 5.74) is 0.843. The van der Waals surface area contributed by atoms with E-state index >= 15 is 0 Å². The molecule has 1 heterocycles. The number of hydrazone groups is 1. The van der Waals surface area contributed by atoms with E-state index < -0.39 is 33.5 Å². The van der Waals surface area contributed by atoms with Gasteiger partial charge in [0, 0.05) is 16.0 Å². The van der Waals surface area contributed by atoms with Crippen LogP contribution in [0.25, 0.3) is 0 Å². The van der Waals surface area contributed by atoms with Gasteiger partial charge in [0.15, 0.2) is 0 Å². The lowest BCUT2D eigenvalue weighted by molar-refractivity contribution is -0.145. The number of nitrogens with one attached hydrogen (secondary N) is 2. The predicted molar refractivity (Wildman–Crippen MR) is 167 cm³/mol. The van der Waals surface area contributed by atoms with Gasteiger partial charge in [0.25, 0.3) is 10.0 Å². The number of rotatable bonds is 8. The first-order valence-electron chi connectivity index (χ1n) is 13.2.